The molecule has 0 bridgehead atoms. The molecule has 10 heteroatoms. The number of hydrogen-bond acceptors (Lipinski definition) is 6. The minimum absolute atomic E-state index is 0.198. The number of nitro groups is 1. The lowest BCUT2D eigenvalue weighted by Crippen LogP contribution is -2.36. The Kier molecular flexibility index (Phi) is 5.95. The number of esters is 1. The van der Waals surface area contributed by atoms with Crippen LogP contribution in [0.25, 0.3) is 0 Å². The van der Waals surface area contributed by atoms with Crippen molar-refractivity contribution in [2.45, 2.75) is 4.90 Å². The molecule has 0 aliphatic rings. The number of halogens is 1. The number of anilines is 1. The third-order valence-corrected chi connectivity index (χ3v) is 5.79. The molecule has 0 saturated carbocycles. The molecule has 132 valence electrons. The van der Waals surface area contributed by atoms with Crippen LogP contribution in [0.3, 0.4) is 0 Å². The molecular weight excluding hydrogens is 463 g/mol. The van der Waals surface area contributed by atoms with Gasteiger partial charge in [0, 0.05) is 9.64 Å². The van der Waals surface area contributed by atoms with Crippen molar-refractivity contribution < 1.29 is 22.9 Å². The summed E-state index contributed by atoms with van der Waals surface area (Å²) in [5.41, 5.74) is -0.369. The summed E-state index contributed by atoms with van der Waals surface area (Å²) in [6, 6.07) is 11.3. The molecule has 8 nitrogen and oxygen atoms in total. The van der Waals surface area contributed by atoms with Crippen molar-refractivity contribution >= 4 is 50.0 Å². The second kappa shape index (κ2) is 7.78. The van der Waals surface area contributed by atoms with Crippen LogP contribution in [-0.2, 0) is 19.6 Å². The monoisotopic (exact) mass is 476 g/mol. The summed E-state index contributed by atoms with van der Waals surface area (Å²) in [5, 5.41) is 11.2. The van der Waals surface area contributed by atoms with E-state index in [0.29, 0.717) is 0 Å². The average Bonchev–Trinajstić information content (AvgIpc) is 2.60. The standard InChI is InChI=1S/C15H13IN2O6S/c1-24-15(19)10-17(12-8-6-11(16)7-9-12)25(22,23)14-5-3-2-4-13(14)18(20)21/h2-9H,10H2,1H3. The number of nitrogens with zero attached hydrogens (tertiary/aromatic N) is 2. The highest BCUT2D eigenvalue weighted by Crippen LogP contribution is 2.30. The Morgan fingerprint density at radius 1 is 1.20 bits per heavy atom. The van der Waals surface area contributed by atoms with E-state index in [1.54, 1.807) is 12.1 Å². The van der Waals surface area contributed by atoms with Crippen LogP contribution < -0.4 is 4.31 Å². The number of carbonyl (C=O) groups excluding carboxylic acids is 1. The SMILES string of the molecule is COC(=O)CN(c1ccc(I)cc1)S(=O)(=O)c1ccccc1[N+](=O)[O-]. The number of ether oxygens (including phenoxy) is 1. The average molecular weight is 476 g/mol. The molecule has 0 spiro atoms. The number of sulfonamides is 1. The van der Waals surface area contributed by atoms with E-state index in [4.69, 9.17) is 0 Å². The van der Waals surface area contributed by atoms with Crippen molar-refractivity contribution in [2.24, 2.45) is 0 Å². The van der Waals surface area contributed by atoms with Gasteiger partial charge in [0.05, 0.1) is 17.7 Å². The summed E-state index contributed by atoms with van der Waals surface area (Å²) in [7, 11) is -3.23. The highest BCUT2D eigenvalue weighted by Gasteiger charge is 2.33. The largest absolute Gasteiger partial charge is 0.468 e. The van der Waals surface area contributed by atoms with Crippen molar-refractivity contribution in [2.75, 3.05) is 18.0 Å². The van der Waals surface area contributed by atoms with E-state index in [1.807, 2.05) is 0 Å². The number of methoxy groups -OCH3 is 1. The number of benzene rings is 2. The van der Waals surface area contributed by atoms with Gasteiger partial charge in [-0.25, -0.2) is 8.42 Å². The van der Waals surface area contributed by atoms with Crippen LogP contribution in [0.1, 0.15) is 0 Å². The quantitative estimate of drug-likeness (QED) is 0.275. The molecule has 0 atom stereocenters. The van der Waals surface area contributed by atoms with Crippen LogP contribution in [0.5, 0.6) is 0 Å². The molecule has 0 fully saturated rings. The molecular formula is C15H13IN2O6S. The van der Waals surface area contributed by atoms with E-state index in [9.17, 15) is 23.3 Å². The fourth-order valence-electron chi connectivity index (χ4n) is 2.05. The van der Waals surface area contributed by atoms with Gasteiger partial charge in [0.25, 0.3) is 15.7 Å². The number of para-hydroxylation sites is 1. The Morgan fingerprint density at radius 3 is 2.36 bits per heavy atom. The summed E-state index contributed by atoms with van der Waals surface area (Å²) in [6.07, 6.45) is 0. The van der Waals surface area contributed by atoms with Gasteiger partial charge in [-0.3, -0.25) is 19.2 Å². The van der Waals surface area contributed by atoms with E-state index < -0.39 is 38.0 Å². The molecule has 0 unspecified atom stereocenters. The lowest BCUT2D eigenvalue weighted by molar-refractivity contribution is -0.387. The minimum atomic E-state index is -4.36. The summed E-state index contributed by atoms with van der Waals surface area (Å²) >= 11 is 2.05. The van der Waals surface area contributed by atoms with E-state index >= 15 is 0 Å². The normalized spacial score (nSPS) is 11.0. The summed E-state index contributed by atoms with van der Waals surface area (Å²) in [4.78, 5) is 21.6. The molecule has 2 aromatic rings. The Hall–Kier alpha value is -2.21. The summed E-state index contributed by atoms with van der Waals surface area (Å²) in [6.45, 7) is -0.606. The van der Waals surface area contributed by atoms with Gasteiger partial charge in [0.15, 0.2) is 4.90 Å². The first-order valence-electron chi connectivity index (χ1n) is 6.86. The number of carbonyl (C=O) groups is 1. The van der Waals surface area contributed by atoms with Gasteiger partial charge in [-0.2, -0.15) is 0 Å². The molecule has 0 radical (unpaired) electrons. The Morgan fingerprint density at radius 2 is 1.80 bits per heavy atom. The van der Waals surface area contributed by atoms with E-state index in [0.717, 1.165) is 27.1 Å². The van der Waals surface area contributed by atoms with Gasteiger partial charge >= 0.3 is 5.97 Å². The van der Waals surface area contributed by atoms with Crippen molar-refractivity contribution in [3.63, 3.8) is 0 Å². The third-order valence-electron chi connectivity index (χ3n) is 3.24. The lowest BCUT2D eigenvalue weighted by atomic mass is 10.3. The summed E-state index contributed by atoms with van der Waals surface area (Å²) < 4.78 is 32.2. The first-order chi connectivity index (χ1) is 11.8. The zero-order chi connectivity index (χ0) is 18.6. The second-order valence-corrected chi connectivity index (χ2v) is 7.87. The molecule has 0 saturated heterocycles. The smallest absolute Gasteiger partial charge is 0.326 e. The minimum Gasteiger partial charge on any atom is -0.468 e. The van der Waals surface area contributed by atoms with E-state index in [2.05, 4.69) is 27.3 Å². The van der Waals surface area contributed by atoms with Gasteiger partial charge in [-0.05, 0) is 52.9 Å². The maximum absolute atomic E-state index is 13.0. The first-order valence-corrected chi connectivity index (χ1v) is 9.38. The molecule has 2 aromatic carbocycles. The van der Waals surface area contributed by atoms with Gasteiger partial charge in [0.2, 0.25) is 0 Å². The molecule has 2 rings (SSSR count). The molecule has 0 N–H and O–H groups in total. The lowest BCUT2D eigenvalue weighted by Gasteiger charge is -2.23. The van der Waals surface area contributed by atoms with Crippen LogP contribution in [0, 0.1) is 13.7 Å². The predicted octanol–water partition coefficient (Wildman–Crippen LogP) is 2.57. The van der Waals surface area contributed by atoms with Crippen molar-refractivity contribution in [3.8, 4) is 0 Å². The van der Waals surface area contributed by atoms with E-state index in [1.165, 1.54) is 24.3 Å². The van der Waals surface area contributed by atoms with Gasteiger partial charge in [-0.1, -0.05) is 12.1 Å². The summed E-state index contributed by atoms with van der Waals surface area (Å²) in [5.74, 6) is -0.791. The maximum atomic E-state index is 13.0. The zero-order valence-electron chi connectivity index (χ0n) is 13.0. The Bertz CT molecular complexity index is 898. The Labute approximate surface area is 157 Å². The molecule has 25 heavy (non-hydrogen) atoms. The second-order valence-electron chi connectivity index (χ2n) is 4.79. The highest BCUT2D eigenvalue weighted by atomic mass is 127. The molecule has 0 aromatic heterocycles. The first kappa shape index (κ1) is 19.1. The van der Waals surface area contributed by atoms with Crippen molar-refractivity contribution in [1.82, 2.24) is 0 Å². The highest BCUT2D eigenvalue weighted by molar-refractivity contribution is 14.1. The van der Waals surface area contributed by atoms with Crippen LogP contribution >= 0.6 is 22.6 Å². The number of hydrogen-bond donors (Lipinski definition) is 0. The van der Waals surface area contributed by atoms with Crippen molar-refractivity contribution in [1.29, 1.82) is 0 Å². The predicted molar refractivity (Wildman–Crippen MR) is 98.8 cm³/mol. The van der Waals surface area contributed by atoms with Gasteiger partial charge in [-0.15, -0.1) is 0 Å². The molecule has 0 aliphatic carbocycles. The zero-order valence-corrected chi connectivity index (χ0v) is 15.9. The number of rotatable bonds is 6. The van der Waals surface area contributed by atoms with Crippen LogP contribution in [0.15, 0.2) is 53.4 Å². The topological polar surface area (TPSA) is 107 Å². The van der Waals surface area contributed by atoms with Gasteiger partial charge < -0.3 is 4.74 Å². The molecule has 0 aliphatic heterocycles. The van der Waals surface area contributed by atoms with Crippen LogP contribution in [0.2, 0.25) is 0 Å². The van der Waals surface area contributed by atoms with E-state index in [-0.39, 0.29) is 5.69 Å². The van der Waals surface area contributed by atoms with Crippen LogP contribution in [0.4, 0.5) is 11.4 Å². The van der Waals surface area contributed by atoms with Gasteiger partial charge in [0.1, 0.15) is 6.54 Å². The Balaban J connectivity index is 2.61. The molecule has 0 heterocycles. The fourth-order valence-corrected chi connectivity index (χ4v) is 3.98. The number of nitro benzene ring substituents is 1. The molecule has 0 amide bonds. The van der Waals surface area contributed by atoms with Crippen LogP contribution in [-0.4, -0.2) is 33.0 Å². The fraction of sp³-hybridized carbons (Fsp3) is 0.133. The third kappa shape index (κ3) is 4.25. The van der Waals surface area contributed by atoms with Crippen molar-refractivity contribution in [3.05, 3.63) is 62.2 Å². The maximum Gasteiger partial charge on any atom is 0.326 e.